The highest BCUT2D eigenvalue weighted by molar-refractivity contribution is 5.91. The van der Waals surface area contributed by atoms with Gasteiger partial charge in [-0.1, -0.05) is 5.16 Å². The smallest absolute Gasteiger partial charge is 0.246 e. The average molecular weight is 272 g/mol. The third-order valence-corrected chi connectivity index (χ3v) is 3.47. The fourth-order valence-corrected chi connectivity index (χ4v) is 2.41. The van der Waals surface area contributed by atoms with Gasteiger partial charge in [0.25, 0.3) is 0 Å². The summed E-state index contributed by atoms with van der Waals surface area (Å²) in [6.45, 7) is 8.14. The van der Waals surface area contributed by atoms with Gasteiger partial charge >= 0.3 is 0 Å². The fourth-order valence-electron chi connectivity index (χ4n) is 2.41. The lowest BCUT2D eigenvalue weighted by Gasteiger charge is -2.04. The number of aromatic nitrogens is 5. The van der Waals surface area contributed by atoms with Crippen molar-refractivity contribution in [3.8, 4) is 0 Å². The van der Waals surface area contributed by atoms with Crippen LogP contribution < -0.4 is 5.73 Å². The molecule has 0 fully saturated rings. The zero-order chi connectivity index (χ0) is 14.4. The molecule has 2 N–H and O–H groups in total. The van der Waals surface area contributed by atoms with E-state index >= 15 is 0 Å². The molecule has 3 aromatic rings. The molecular weight excluding hydrogens is 256 g/mol. The molecule has 7 heteroatoms. The van der Waals surface area contributed by atoms with E-state index in [1.807, 2.05) is 25.3 Å². The summed E-state index contributed by atoms with van der Waals surface area (Å²) < 4.78 is 7.22. The Bertz CT molecular complexity index is 801. The van der Waals surface area contributed by atoms with Gasteiger partial charge in [0, 0.05) is 5.69 Å². The van der Waals surface area contributed by atoms with Crippen LogP contribution in [0.4, 0.5) is 5.82 Å². The highest BCUT2D eigenvalue weighted by Gasteiger charge is 2.17. The third kappa shape index (κ3) is 1.82. The van der Waals surface area contributed by atoms with Crippen LogP contribution in [-0.4, -0.2) is 24.7 Å². The second-order valence-corrected chi connectivity index (χ2v) is 4.89. The second kappa shape index (κ2) is 4.29. The second-order valence-electron chi connectivity index (χ2n) is 4.89. The van der Waals surface area contributed by atoms with E-state index in [0.29, 0.717) is 29.9 Å². The summed E-state index contributed by atoms with van der Waals surface area (Å²) in [7, 11) is 0. The maximum atomic E-state index is 6.02. The number of rotatable bonds is 2. The van der Waals surface area contributed by atoms with Gasteiger partial charge < -0.3 is 14.8 Å². The van der Waals surface area contributed by atoms with E-state index in [9.17, 15) is 0 Å². The maximum Gasteiger partial charge on any atom is 0.246 e. The van der Waals surface area contributed by atoms with Crippen LogP contribution in [0.15, 0.2) is 4.52 Å². The highest BCUT2D eigenvalue weighted by atomic mass is 16.5. The van der Waals surface area contributed by atoms with Gasteiger partial charge in [-0.25, -0.2) is 9.97 Å². The molecule has 0 atom stereocenters. The number of nitrogen functional groups attached to an aromatic ring is 1. The maximum absolute atomic E-state index is 6.02. The normalized spacial score (nSPS) is 11.4. The van der Waals surface area contributed by atoms with Crippen LogP contribution in [0, 0.1) is 27.7 Å². The van der Waals surface area contributed by atoms with Crippen molar-refractivity contribution in [2.75, 3.05) is 5.73 Å². The van der Waals surface area contributed by atoms with Crippen LogP contribution in [0.5, 0.6) is 0 Å². The topological polar surface area (TPSA) is 95.7 Å². The van der Waals surface area contributed by atoms with E-state index in [-0.39, 0.29) is 0 Å². The zero-order valence-corrected chi connectivity index (χ0v) is 11.9. The molecule has 7 nitrogen and oxygen atoms in total. The van der Waals surface area contributed by atoms with Crippen LogP contribution in [0.25, 0.3) is 11.0 Å². The SMILES string of the molecule is Cc1noc(Cn2c(C)c(C)c3c(N)nc(C)nc32)n1. The lowest BCUT2D eigenvalue weighted by molar-refractivity contribution is 0.368. The van der Waals surface area contributed by atoms with Crippen LogP contribution in [0.3, 0.4) is 0 Å². The van der Waals surface area contributed by atoms with Crippen molar-refractivity contribution in [3.05, 3.63) is 28.8 Å². The Labute approximate surface area is 115 Å². The number of hydrogen-bond acceptors (Lipinski definition) is 6. The minimum Gasteiger partial charge on any atom is -0.383 e. The van der Waals surface area contributed by atoms with E-state index in [2.05, 4.69) is 20.1 Å². The van der Waals surface area contributed by atoms with Crippen LogP contribution >= 0.6 is 0 Å². The van der Waals surface area contributed by atoms with Crippen LogP contribution in [0.2, 0.25) is 0 Å². The molecule has 0 bridgehead atoms. The van der Waals surface area contributed by atoms with E-state index < -0.39 is 0 Å². The van der Waals surface area contributed by atoms with Crippen molar-refractivity contribution in [2.45, 2.75) is 34.2 Å². The summed E-state index contributed by atoms with van der Waals surface area (Å²) in [6.07, 6.45) is 0. The average Bonchev–Trinajstić information content (AvgIpc) is 2.87. The summed E-state index contributed by atoms with van der Waals surface area (Å²) in [6, 6.07) is 0. The standard InChI is InChI=1S/C13H16N6O/c1-6-7(2)19(5-10-15-9(4)18-20-10)13-11(6)12(14)16-8(3)17-13/h5H2,1-4H3,(H2,14,16,17). The van der Waals surface area contributed by atoms with Crippen molar-refractivity contribution in [2.24, 2.45) is 0 Å². The first-order chi connectivity index (χ1) is 9.47. The van der Waals surface area contributed by atoms with Gasteiger partial charge in [-0.2, -0.15) is 4.98 Å². The number of anilines is 1. The summed E-state index contributed by atoms with van der Waals surface area (Å²) in [5, 5.41) is 4.70. The number of nitrogens with two attached hydrogens (primary N) is 1. The Balaban J connectivity index is 2.22. The molecule has 20 heavy (non-hydrogen) atoms. The molecule has 0 aliphatic rings. The number of fused-ring (bicyclic) bond motifs is 1. The number of hydrogen-bond donors (Lipinski definition) is 1. The molecule has 0 aliphatic heterocycles. The van der Waals surface area contributed by atoms with E-state index in [4.69, 9.17) is 10.3 Å². The molecule has 0 aromatic carbocycles. The minimum atomic E-state index is 0.479. The van der Waals surface area contributed by atoms with Crippen molar-refractivity contribution in [1.29, 1.82) is 0 Å². The van der Waals surface area contributed by atoms with Gasteiger partial charge in [0.1, 0.15) is 23.8 Å². The van der Waals surface area contributed by atoms with Crippen molar-refractivity contribution in [1.82, 2.24) is 24.7 Å². The molecule has 0 aliphatic carbocycles. The Hall–Kier alpha value is -2.44. The van der Waals surface area contributed by atoms with Gasteiger partial charge in [0.2, 0.25) is 5.89 Å². The predicted octanol–water partition coefficient (Wildman–Crippen LogP) is 1.68. The molecule has 3 aromatic heterocycles. The summed E-state index contributed by atoms with van der Waals surface area (Å²) in [5.74, 6) is 2.33. The van der Waals surface area contributed by atoms with Gasteiger partial charge in [0.15, 0.2) is 5.82 Å². The Kier molecular flexibility index (Phi) is 2.70. The first kappa shape index (κ1) is 12.6. The molecular formula is C13H16N6O. The molecule has 0 amide bonds. The van der Waals surface area contributed by atoms with Gasteiger partial charge in [0.05, 0.1) is 5.39 Å². The van der Waals surface area contributed by atoms with Crippen molar-refractivity contribution < 1.29 is 4.52 Å². The lowest BCUT2D eigenvalue weighted by Crippen LogP contribution is -2.05. The van der Waals surface area contributed by atoms with Crippen LogP contribution in [0.1, 0.15) is 28.8 Å². The van der Waals surface area contributed by atoms with E-state index in [1.54, 1.807) is 6.92 Å². The Morgan fingerprint density at radius 2 is 1.80 bits per heavy atom. The molecule has 0 radical (unpaired) electrons. The highest BCUT2D eigenvalue weighted by Crippen LogP contribution is 2.28. The summed E-state index contributed by atoms with van der Waals surface area (Å²) >= 11 is 0. The first-order valence-corrected chi connectivity index (χ1v) is 6.36. The Morgan fingerprint density at radius 3 is 2.45 bits per heavy atom. The van der Waals surface area contributed by atoms with E-state index in [1.165, 1.54) is 0 Å². The predicted molar refractivity (Wildman–Crippen MR) is 74.3 cm³/mol. The largest absolute Gasteiger partial charge is 0.383 e. The van der Waals surface area contributed by atoms with Gasteiger partial charge in [-0.05, 0) is 33.3 Å². The quantitative estimate of drug-likeness (QED) is 0.762. The number of aryl methyl sites for hydroxylation is 3. The fraction of sp³-hybridized carbons (Fsp3) is 0.385. The number of nitrogens with zero attached hydrogens (tertiary/aromatic N) is 5. The third-order valence-electron chi connectivity index (χ3n) is 3.47. The molecule has 104 valence electrons. The van der Waals surface area contributed by atoms with E-state index in [0.717, 1.165) is 22.3 Å². The van der Waals surface area contributed by atoms with Crippen molar-refractivity contribution >= 4 is 16.9 Å². The summed E-state index contributed by atoms with van der Waals surface area (Å²) in [5.41, 5.74) is 8.98. The molecule has 0 saturated heterocycles. The monoisotopic (exact) mass is 272 g/mol. The van der Waals surface area contributed by atoms with Gasteiger partial charge in [-0.15, -0.1) is 0 Å². The zero-order valence-electron chi connectivity index (χ0n) is 11.9. The Morgan fingerprint density at radius 1 is 1.05 bits per heavy atom. The first-order valence-electron chi connectivity index (χ1n) is 6.36. The van der Waals surface area contributed by atoms with Crippen molar-refractivity contribution in [3.63, 3.8) is 0 Å². The molecule has 0 saturated carbocycles. The minimum absolute atomic E-state index is 0.479. The lowest BCUT2D eigenvalue weighted by atomic mass is 10.2. The van der Waals surface area contributed by atoms with Crippen LogP contribution in [-0.2, 0) is 6.54 Å². The van der Waals surface area contributed by atoms with Gasteiger partial charge in [-0.3, -0.25) is 0 Å². The molecule has 3 heterocycles. The summed E-state index contributed by atoms with van der Waals surface area (Å²) in [4.78, 5) is 13.0. The molecule has 0 unspecified atom stereocenters. The molecule has 3 rings (SSSR count). The molecule has 0 spiro atoms.